The van der Waals surface area contributed by atoms with E-state index in [-0.39, 0.29) is 6.04 Å². The summed E-state index contributed by atoms with van der Waals surface area (Å²) >= 11 is 0. The van der Waals surface area contributed by atoms with Gasteiger partial charge < -0.3 is 14.6 Å². The Morgan fingerprint density at radius 2 is 1.97 bits per heavy atom. The maximum atomic E-state index is 5.40. The van der Waals surface area contributed by atoms with Gasteiger partial charge in [-0.2, -0.15) is 10.1 Å². The summed E-state index contributed by atoms with van der Waals surface area (Å²) < 4.78 is 12.4. The van der Waals surface area contributed by atoms with Gasteiger partial charge >= 0.3 is 0 Å². The molecule has 0 spiro atoms. The van der Waals surface area contributed by atoms with Crippen LogP contribution in [-0.4, -0.2) is 32.0 Å². The predicted octanol–water partition coefficient (Wildman–Crippen LogP) is 3.64. The molecule has 1 atom stereocenters. The molecular formula is C21H22N6O2. The highest BCUT2D eigenvalue weighted by atomic mass is 16.5. The van der Waals surface area contributed by atoms with Gasteiger partial charge in [-0.15, -0.1) is 0 Å². The molecule has 0 unspecified atom stereocenters. The van der Waals surface area contributed by atoms with Crippen molar-refractivity contribution < 1.29 is 9.26 Å². The topological polar surface area (TPSA) is 90.9 Å². The molecule has 0 saturated heterocycles. The lowest BCUT2D eigenvalue weighted by atomic mass is 10.1. The van der Waals surface area contributed by atoms with Crippen LogP contribution in [0.1, 0.15) is 29.9 Å². The molecule has 8 nitrogen and oxygen atoms in total. The third-order valence-electron chi connectivity index (χ3n) is 4.59. The second-order valence-corrected chi connectivity index (χ2v) is 6.79. The van der Waals surface area contributed by atoms with Crippen LogP contribution >= 0.6 is 0 Å². The summed E-state index contributed by atoms with van der Waals surface area (Å²) in [7, 11) is 3.55. The van der Waals surface area contributed by atoms with Crippen molar-refractivity contribution in [1.82, 2.24) is 24.9 Å². The molecule has 4 aromatic rings. The van der Waals surface area contributed by atoms with Crippen LogP contribution in [0.2, 0.25) is 0 Å². The zero-order valence-electron chi connectivity index (χ0n) is 16.5. The van der Waals surface area contributed by atoms with Gasteiger partial charge in [-0.25, -0.2) is 4.98 Å². The van der Waals surface area contributed by atoms with Crippen molar-refractivity contribution in [2.24, 2.45) is 7.05 Å². The molecule has 29 heavy (non-hydrogen) atoms. The molecule has 3 heterocycles. The Balaban J connectivity index is 1.41. The Bertz CT molecular complexity index is 1070. The van der Waals surface area contributed by atoms with Crippen molar-refractivity contribution in [2.45, 2.75) is 19.4 Å². The van der Waals surface area contributed by atoms with Crippen molar-refractivity contribution in [2.75, 3.05) is 12.4 Å². The highest BCUT2D eigenvalue weighted by Gasteiger charge is 2.12. The Labute approximate surface area is 168 Å². The highest BCUT2D eigenvalue weighted by molar-refractivity contribution is 5.54. The first-order chi connectivity index (χ1) is 14.1. The fraction of sp³-hybridized carbons (Fsp3) is 0.238. The van der Waals surface area contributed by atoms with Crippen LogP contribution in [-0.2, 0) is 13.5 Å². The van der Waals surface area contributed by atoms with E-state index >= 15 is 0 Å². The highest BCUT2D eigenvalue weighted by Crippen LogP contribution is 2.22. The van der Waals surface area contributed by atoms with E-state index in [1.54, 1.807) is 18.0 Å². The first-order valence-corrected chi connectivity index (χ1v) is 9.28. The number of nitrogens with one attached hydrogen (secondary N) is 1. The normalized spacial score (nSPS) is 12.0. The molecular weight excluding hydrogens is 368 g/mol. The number of methoxy groups -OCH3 is 1. The first-order valence-electron chi connectivity index (χ1n) is 9.28. The average Bonchev–Trinajstić information content (AvgIpc) is 3.38. The van der Waals surface area contributed by atoms with Crippen LogP contribution in [0.15, 0.2) is 59.5 Å². The molecule has 1 N–H and O–H groups in total. The van der Waals surface area contributed by atoms with E-state index in [4.69, 9.17) is 9.26 Å². The van der Waals surface area contributed by atoms with Crippen molar-refractivity contribution in [3.05, 3.63) is 71.9 Å². The van der Waals surface area contributed by atoms with Gasteiger partial charge in [0.2, 0.25) is 0 Å². The number of rotatable bonds is 7. The number of anilines is 1. The van der Waals surface area contributed by atoms with E-state index in [0.717, 1.165) is 28.3 Å². The molecule has 1 aromatic carbocycles. The SMILES string of the molecule is COc1ccc(Cc2noc(-c3ccc(N[C@@H](C)c4cnn(C)c4)nc3)n2)cc1. The van der Waals surface area contributed by atoms with Crippen LogP contribution in [0.4, 0.5) is 5.82 Å². The third kappa shape index (κ3) is 4.43. The molecule has 148 valence electrons. The maximum absolute atomic E-state index is 5.40. The number of ether oxygens (including phenoxy) is 1. The summed E-state index contributed by atoms with van der Waals surface area (Å²) in [5, 5.41) is 11.6. The van der Waals surface area contributed by atoms with Crippen molar-refractivity contribution in [1.29, 1.82) is 0 Å². The van der Waals surface area contributed by atoms with E-state index in [0.29, 0.717) is 18.1 Å². The van der Waals surface area contributed by atoms with Crippen molar-refractivity contribution in [3.63, 3.8) is 0 Å². The van der Waals surface area contributed by atoms with Crippen LogP contribution in [0.5, 0.6) is 5.75 Å². The largest absolute Gasteiger partial charge is 0.497 e. The molecule has 0 aliphatic rings. The molecule has 0 aliphatic carbocycles. The third-order valence-corrected chi connectivity index (χ3v) is 4.59. The predicted molar refractivity (Wildman–Crippen MR) is 109 cm³/mol. The summed E-state index contributed by atoms with van der Waals surface area (Å²) in [5.41, 5.74) is 2.96. The maximum Gasteiger partial charge on any atom is 0.259 e. The molecule has 0 aliphatic heterocycles. The molecule has 0 saturated carbocycles. The number of aryl methyl sites for hydroxylation is 1. The Morgan fingerprint density at radius 3 is 2.62 bits per heavy atom. The summed E-state index contributed by atoms with van der Waals surface area (Å²) in [6, 6.07) is 11.7. The Kier molecular flexibility index (Phi) is 5.24. The van der Waals surface area contributed by atoms with Gasteiger partial charge in [-0.05, 0) is 36.8 Å². The molecule has 0 radical (unpaired) electrons. The summed E-state index contributed by atoms with van der Waals surface area (Å²) in [4.78, 5) is 8.94. The summed E-state index contributed by atoms with van der Waals surface area (Å²) in [6.45, 7) is 2.07. The van der Waals surface area contributed by atoms with Crippen molar-refractivity contribution in [3.8, 4) is 17.2 Å². The smallest absolute Gasteiger partial charge is 0.259 e. The standard InChI is InChI=1S/C21H22N6O2/c1-14(17-12-23-27(2)13-17)24-19-9-6-16(11-22-19)21-25-20(26-29-21)10-15-4-7-18(28-3)8-5-15/h4-9,11-14H,10H2,1-3H3,(H,22,24)/t14-/m0/s1. The molecule has 8 heteroatoms. The first kappa shape index (κ1) is 18.7. The fourth-order valence-electron chi connectivity index (χ4n) is 2.94. The molecule has 0 fully saturated rings. The molecule has 3 aromatic heterocycles. The minimum atomic E-state index is 0.0987. The number of benzene rings is 1. The lowest BCUT2D eigenvalue weighted by Gasteiger charge is -2.12. The van der Waals surface area contributed by atoms with E-state index in [1.807, 2.05) is 55.8 Å². The number of nitrogens with zero attached hydrogens (tertiary/aromatic N) is 5. The van der Waals surface area contributed by atoms with Crippen LogP contribution < -0.4 is 10.1 Å². The zero-order chi connectivity index (χ0) is 20.2. The fourth-order valence-corrected chi connectivity index (χ4v) is 2.94. The van der Waals surface area contributed by atoms with E-state index in [9.17, 15) is 0 Å². The quantitative estimate of drug-likeness (QED) is 0.515. The number of aromatic nitrogens is 5. The van der Waals surface area contributed by atoms with E-state index in [2.05, 4.69) is 32.5 Å². The van der Waals surface area contributed by atoms with Gasteiger partial charge in [0.15, 0.2) is 5.82 Å². The van der Waals surface area contributed by atoms with Gasteiger partial charge in [0.25, 0.3) is 5.89 Å². The van der Waals surface area contributed by atoms with Crippen molar-refractivity contribution >= 4 is 5.82 Å². The number of hydrogen-bond donors (Lipinski definition) is 1. The van der Waals surface area contributed by atoms with Crippen LogP contribution in [0.3, 0.4) is 0 Å². The average molecular weight is 390 g/mol. The van der Waals surface area contributed by atoms with Gasteiger partial charge in [0.1, 0.15) is 11.6 Å². The number of pyridine rings is 1. The lowest BCUT2D eigenvalue weighted by molar-refractivity contribution is 0.414. The zero-order valence-corrected chi connectivity index (χ0v) is 16.5. The monoisotopic (exact) mass is 390 g/mol. The summed E-state index contributed by atoms with van der Waals surface area (Å²) in [6.07, 6.45) is 6.13. The second kappa shape index (κ2) is 8.14. The minimum Gasteiger partial charge on any atom is -0.497 e. The van der Waals surface area contributed by atoms with E-state index in [1.165, 1.54) is 0 Å². The second-order valence-electron chi connectivity index (χ2n) is 6.79. The molecule has 0 amide bonds. The Morgan fingerprint density at radius 1 is 1.14 bits per heavy atom. The van der Waals surface area contributed by atoms with Crippen LogP contribution in [0, 0.1) is 0 Å². The number of hydrogen-bond acceptors (Lipinski definition) is 7. The van der Waals surface area contributed by atoms with Crippen LogP contribution in [0.25, 0.3) is 11.5 Å². The van der Waals surface area contributed by atoms with Gasteiger partial charge in [0.05, 0.1) is 24.9 Å². The molecule has 4 rings (SSSR count). The Hall–Kier alpha value is -3.68. The minimum absolute atomic E-state index is 0.0987. The summed E-state index contributed by atoms with van der Waals surface area (Å²) in [5.74, 6) is 2.66. The van der Waals surface area contributed by atoms with Gasteiger partial charge in [-0.3, -0.25) is 4.68 Å². The van der Waals surface area contributed by atoms with Gasteiger partial charge in [0, 0.05) is 31.4 Å². The lowest BCUT2D eigenvalue weighted by Crippen LogP contribution is -2.07. The molecule has 0 bridgehead atoms. The van der Waals surface area contributed by atoms with Gasteiger partial charge in [-0.1, -0.05) is 17.3 Å². The van der Waals surface area contributed by atoms with E-state index < -0.39 is 0 Å².